The second-order valence-corrected chi connectivity index (χ2v) is 1.21. The van der Waals surface area contributed by atoms with Gasteiger partial charge in [0.15, 0.2) is 0 Å². The van der Waals surface area contributed by atoms with E-state index in [1.54, 1.807) is 0 Å². The molecule has 0 aromatic heterocycles. The highest BCUT2D eigenvalue weighted by molar-refractivity contribution is 6.13. The van der Waals surface area contributed by atoms with Crippen LogP contribution >= 0.6 is 11.8 Å². The minimum Gasteiger partial charge on any atom is -0.244 e. The van der Waals surface area contributed by atoms with Crippen LogP contribution in [0.4, 0.5) is 0 Å². The molecule has 0 aliphatic carbocycles. The van der Waals surface area contributed by atoms with Crippen LogP contribution in [-0.2, 0) is 0 Å². The summed E-state index contributed by atoms with van der Waals surface area (Å²) in [7, 11) is 0. The van der Waals surface area contributed by atoms with E-state index in [1.807, 2.05) is 0 Å². The van der Waals surface area contributed by atoms with Crippen LogP contribution in [0.2, 0.25) is 0 Å². The maximum atomic E-state index is 5.02. The van der Waals surface area contributed by atoms with Gasteiger partial charge in [-0.2, -0.15) is 4.94 Å². The van der Waals surface area contributed by atoms with Crippen LogP contribution in [0.25, 0.3) is 0 Å². The van der Waals surface area contributed by atoms with Gasteiger partial charge >= 0.3 is 0 Å². The van der Waals surface area contributed by atoms with Crippen molar-refractivity contribution in [3.05, 3.63) is 0 Å². The van der Waals surface area contributed by atoms with E-state index in [2.05, 4.69) is 17.3 Å². The summed E-state index contributed by atoms with van der Waals surface area (Å²) in [6, 6.07) is 0. The molecule has 0 fully saturated rings. The number of rotatable bonds is 3. The Morgan fingerprint density at radius 1 is 1.67 bits per heavy atom. The first-order valence-electron chi connectivity index (χ1n) is 2.00. The number of hydrazine groups is 1. The monoisotopic (exact) mass is 108 g/mol. The lowest BCUT2D eigenvalue weighted by Crippen LogP contribution is -2.22. The van der Waals surface area contributed by atoms with Crippen molar-refractivity contribution in [3.63, 3.8) is 0 Å². The molecule has 0 rings (SSSR count). The van der Waals surface area contributed by atoms with Gasteiger partial charge in [-0.1, -0.05) is 6.92 Å². The van der Waals surface area contributed by atoms with Crippen molar-refractivity contribution in [1.82, 2.24) is 10.4 Å². The van der Waals surface area contributed by atoms with Gasteiger partial charge < -0.3 is 0 Å². The Kier molecular flexibility index (Phi) is 5.39. The molecule has 0 heterocycles. The fourth-order valence-corrected chi connectivity index (χ4v) is 0.267. The predicted octanol–water partition coefficient (Wildman–Crippen LogP) is 0.644. The first-order valence-corrected chi connectivity index (χ1v) is 2.38. The van der Waals surface area contributed by atoms with Gasteiger partial charge in [-0.3, -0.25) is 0 Å². The molecule has 0 saturated carbocycles. The molecule has 2 nitrogen and oxygen atoms in total. The molecule has 38 valence electrons. The van der Waals surface area contributed by atoms with Gasteiger partial charge in [0.05, 0.1) is 0 Å². The van der Waals surface area contributed by atoms with E-state index >= 15 is 0 Å². The Balaban J connectivity index is 2.34. The van der Waals surface area contributed by atoms with Crippen molar-refractivity contribution in [2.24, 2.45) is 0 Å². The second-order valence-electron chi connectivity index (χ2n) is 1.02. The van der Waals surface area contributed by atoms with Crippen LogP contribution in [0, 0.1) is 0 Å². The van der Waals surface area contributed by atoms with Gasteiger partial charge in [0, 0.05) is 6.54 Å². The van der Waals surface area contributed by atoms with E-state index in [0.29, 0.717) is 0 Å². The van der Waals surface area contributed by atoms with Crippen LogP contribution in [0.5, 0.6) is 0 Å². The van der Waals surface area contributed by atoms with Crippen molar-refractivity contribution in [3.8, 4) is 0 Å². The summed E-state index contributed by atoms with van der Waals surface area (Å²) in [5, 5.41) is 0. The number of halogens is 1. The van der Waals surface area contributed by atoms with Gasteiger partial charge in [-0.05, 0) is 18.2 Å². The standard InChI is InChI=1S/C3H9ClN2/c1-2-3-5-6-4/h5-6H,2-3H2,1H3. The molecule has 0 atom stereocenters. The number of hydrogen-bond donors (Lipinski definition) is 2. The lowest BCUT2D eigenvalue weighted by atomic mass is 10.5. The highest BCUT2D eigenvalue weighted by Crippen LogP contribution is 1.64. The van der Waals surface area contributed by atoms with Crippen molar-refractivity contribution in [1.29, 1.82) is 0 Å². The largest absolute Gasteiger partial charge is 0.244 e. The topological polar surface area (TPSA) is 24.1 Å². The van der Waals surface area contributed by atoms with Crippen LogP contribution in [-0.4, -0.2) is 6.54 Å². The molecule has 3 heteroatoms. The van der Waals surface area contributed by atoms with Gasteiger partial charge in [0.2, 0.25) is 0 Å². The van der Waals surface area contributed by atoms with Crippen molar-refractivity contribution in [2.45, 2.75) is 13.3 Å². The third-order valence-corrected chi connectivity index (χ3v) is 0.575. The second kappa shape index (κ2) is 5.21. The average Bonchev–Trinajstić information content (AvgIpc) is 1.61. The molecule has 0 unspecified atom stereocenters. The summed E-state index contributed by atoms with van der Waals surface area (Å²) in [4.78, 5) is 2.29. The summed E-state index contributed by atoms with van der Waals surface area (Å²) >= 11 is 5.02. The Bertz CT molecular complexity index is 20.8. The van der Waals surface area contributed by atoms with E-state index in [-0.39, 0.29) is 0 Å². The molecule has 0 aliphatic heterocycles. The van der Waals surface area contributed by atoms with E-state index < -0.39 is 0 Å². The summed E-state index contributed by atoms with van der Waals surface area (Å²) in [5.74, 6) is 0. The zero-order valence-electron chi connectivity index (χ0n) is 3.79. The lowest BCUT2D eigenvalue weighted by molar-refractivity contribution is 0.661. The highest BCUT2D eigenvalue weighted by Gasteiger charge is 1.71. The normalized spacial score (nSPS) is 9.00. The van der Waals surface area contributed by atoms with Crippen LogP contribution < -0.4 is 10.4 Å². The van der Waals surface area contributed by atoms with Crippen molar-refractivity contribution < 1.29 is 0 Å². The first-order chi connectivity index (χ1) is 2.91. The molecule has 0 aromatic rings. The predicted molar refractivity (Wildman–Crippen MR) is 27.3 cm³/mol. The Morgan fingerprint density at radius 3 is 2.50 bits per heavy atom. The maximum Gasteiger partial charge on any atom is 0.0110 e. The van der Waals surface area contributed by atoms with E-state index in [4.69, 9.17) is 11.8 Å². The van der Waals surface area contributed by atoms with Crippen molar-refractivity contribution >= 4 is 11.8 Å². The van der Waals surface area contributed by atoms with E-state index in [1.165, 1.54) is 0 Å². The zero-order valence-corrected chi connectivity index (χ0v) is 4.55. The fourth-order valence-electron chi connectivity index (χ4n) is 0.172. The Hall–Kier alpha value is 0.210. The van der Waals surface area contributed by atoms with Gasteiger partial charge in [-0.15, -0.1) is 0 Å². The third-order valence-electron chi connectivity index (χ3n) is 0.442. The smallest absolute Gasteiger partial charge is 0.0110 e. The minimum absolute atomic E-state index is 0.920. The summed E-state index contributed by atoms with van der Waals surface area (Å²) in [5.41, 5.74) is 2.71. The number of nitrogens with one attached hydrogen (secondary N) is 2. The summed E-state index contributed by atoms with van der Waals surface area (Å²) in [6.45, 7) is 2.99. The van der Waals surface area contributed by atoms with Gasteiger partial charge in [0.25, 0.3) is 0 Å². The average molecular weight is 109 g/mol. The molecule has 0 amide bonds. The first kappa shape index (κ1) is 6.21. The quantitative estimate of drug-likeness (QED) is 0.315. The van der Waals surface area contributed by atoms with Crippen LogP contribution in [0.15, 0.2) is 0 Å². The molecule has 0 bridgehead atoms. The molecular formula is C3H9ClN2. The van der Waals surface area contributed by atoms with Crippen LogP contribution in [0.1, 0.15) is 13.3 Å². The van der Waals surface area contributed by atoms with Crippen molar-refractivity contribution in [2.75, 3.05) is 6.54 Å². The zero-order chi connectivity index (χ0) is 4.83. The van der Waals surface area contributed by atoms with Gasteiger partial charge in [0.1, 0.15) is 0 Å². The Labute approximate surface area is 43.0 Å². The molecule has 0 saturated heterocycles. The highest BCUT2D eigenvalue weighted by atomic mass is 35.5. The molecule has 0 aromatic carbocycles. The molecule has 0 aliphatic rings. The number of hydrogen-bond acceptors (Lipinski definition) is 2. The summed E-state index contributed by atoms with van der Waals surface area (Å²) < 4.78 is 0. The molecule has 2 N–H and O–H groups in total. The molecular weight excluding hydrogens is 99.5 g/mol. The maximum absolute atomic E-state index is 5.02. The van der Waals surface area contributed by atoms with Gasteiger partial charge in [-0.25, -0.2) is 5.43 Å². The van der Waals surface area contributed by atoms with Crippen LogP contribution in [0.3, 0.4) is 0 Å². The van der Waals surface area contributed by atoms with E-state index in [9.17, 15) is 0 Å². The fraction of sp³-hybridized carbons (Fsp3) is 1.00. The third kappa shape index (κ3) is 4.21. The molecule has 0 radical (unpaired) electrons. The lowest BCUT2D eigenvalue weighted by Gasteiger charge is -1.91. The summed E-state index contributed by atoms with van der Waals surface area (Å²) in [6.07, 6.45) is 1.10. The van der Waals surface area contributed by atoms with E-state index in [0.717, 1.165) is 13.0 Å². The Morgan fingerprint density at radius 2 is 2.33 bits per heavy atom. The minimum atomic E-state index is 0.920. The molecule has 0 spiro atoms. The molecule has 6 heavy (non-hydrogen) atoms. The SMILES string of the molecule is CCCNNCl.